The van der Waals surface area contributed by atoms with Gasteiger partial charge in [-0.25, -0.2) is 13.2 Å². The number of nitrogens with one attached hydrogen (secondary N) is 1. The van der Waals surface area contributed by atoms with Crippen LogP contribution in [0.4, 0.5) is 10.5 Å². The Labute approximate surface area is 278 Å². The normalized spacial score (nSPS) is 14.4. The predicted octanol–water partition coefficient (Wildman–Crippen LogP) is 7.33. The van der Waals surface area contributed by atoms with Crippen molar-refractivity contribution in [3.8, 4) is 17.2 Å². The lowest BCUT2D eigenvalue weighted by molar-refractivity contribution is 0.0184. The van der Waals surface area contributed by atoms with Crippen LogP contribution in [0.1, 0.15) is 81.6 Å². The third-order valence-corrected chi connectivity index (χ3v) is 9.11. The zero-order valence-electron chi connectivity index (χ0n) is 28.9. The van der Waals surface area contributed by atoms with Crippen molar-refractivity contribution in [1.82, 2.24) is 9.88 Å². The summed E-state index contributed by atoms with van der Waals surface area (Å²) in [4.78, 5) is 32.3. The van der Waals surface area contributed by atoms with Gasteiger partial charge >= 0.3 is 6.09 Å². The van der Waals surface area contributed by atoms with Gasteiger partial charge in [-0.15, -0.1) is 0 Å². The molecule has 0 unspecified atom stereocenters. The Balaban J connectivity index is 1.48. The predicted molar refractivity (Wildman–Crippen MR) is 182 cm³/mol. The summed E-state index contributed by atoms with van der Waals surface area (Å²) >= 11 is 0. The van der Waals surface area contributed by atoms with Crippen LogP contribution in [0.3, 0.4) is 0 Å². The molecule has 1 aliphatic rings. The smallest absolute Gasteiger partial charge is 0.410 e. The fraction of sp³-hybridized carbons (Fsp3) is 0.472. The first-order chi connectivity index (χ1) is 21.8. The van der Waals surface area contributed by atoms with E-state index in [1.807, 2.05) is 54.5 Å². The molecule has 0 bridgehead atoms. The third kappa shape index (κ3) is 9.47. The number of sulfone groups is 1. The Morgan fingerprint density at radius 3 is 2.28 bits per heavy atom. The second kappa shape index (κ2) is 13.9. The Bertz CT molecular complexity index is 1730. The Morgan fingerprint density at radius 1 is 1.00 bits per heavy atom. The number of hydrogen-bond donors (Lipinski definition) is 1. The molecule has 0 radical (unpaired) electrons. The van der Waals surface area contributed by atoms with E-state index in [-0.39, 0.29) is 27.8 Å². The minimum absolute atomic E-state index is 0.0118. The maximum atomic E-state index is 13.5. The summed E-state index contributed by atoms with van der Waals surface area (Å²) in [5.74, 6) is 1.12. The Hall–Kier alpha value is -4.12. The van der Waals surface area contributed by atoms with Gasteiger partial charge in [-0.05, 0) is 99.7 Å². The van der Waals surface area contributed by atoms with Crippen molar-refractivity contribution in [2.75, 3.05) is 31.8 Å². The van der Waals surface area contributed by atoms with Crippen molar-refractivity contribution in [2.45, 2.75) is 83.6 Å². The molecule has 0 aliphatic carbocycles. The minimum Gasteiger partial charge on any atom is -0.493 e. The van der Waals surface area contributed by atoms with E-state index >= 15 is 0 Å². The molecule has 11 heteroatoms. The van der Waals surface area contributed by atoms with Gasteiger partial charge in [0.05, 0.1) is 12.8 Å². The van der Waals surface area contributed by atoms with Crippen LogP contribution < -0.4 is 14.8 Å². The number of amides is 2. The number of hydrogen-bond acceptors (Lipinski definition) is 8. The van der Waals surface area contributed by atoms with Gasteiger partial charge < -0.3 is 24.4 Å². The van der Waals surface area contributed by atoms with Gasteiger partial charge in [0.25, 0.3) is 5.91 Å². The fourth-order valence-corrected chi connectivity index (χ4v) is 6.23. The Morgan fingerprint density at radius 2 is 1.68 bits per heavy atom. The van der Waals surface area contributed by atoms with Crippen molar-refractivity contribution in [3.05, 3.63) is 71.0 Å². The van der Waals surface area contributed by atoms with Gasteiger partial charge in [0, 0.05) is 42.9 Å². The lowest BCUT2D eigenvalue weighted by atomic mass is 9.86. The van der Waals surface area contributed by atoms with Crippen molar-refractivity contribution in [2.24, 2.45) is 5.92 Å². The summed E-state index contributed by atoms with van der Waals surface area (Å²) in [7, 11) is -2.27. The summed E-state index contributed by atoms with van der Waals surface area (Å²) < 4.78 is 42.5. The van der Waals surface area contributed by atoms with Crippen LogP contribution in [0, 0.1) is 12.8 Å². The molecule has 10 nitrogen and oxygen atoms in total. The number of nitrogens with zero attached hydrogens (tertiary/aromatic N) is 2. The van der Waals surface area contributed by atoms with Crippen molar-refractivity contribution >= 4 is 27.5 Å². The topological polar surface area (TPSA) is 124 Å². The number of pyridine rings is 1. The molecule has 4 rings (SSSR count). The summed E-state index contributed by atoms with van der Waals surface area (Å²) in [5, 5.41) is 2.86. The minimum atomic E-state index is -3.65. The average Bonchev–Trinajstić information content (AvgIpc) is 2.96. The number of methoxy groups -OCH3 is 1. The van der Waals surface area contributed by atoms with Crippen LogP contribution in [-0.2, 0) is 26.4 Å². The molecule has 1 aliphatic heterocycles. The van der Waals surface area contributed by atoms with E-state index in [0.29, 0.717) is 36.1 Å². The molecule has 1 fully saturated rings. The van der Waals surface area contributed by atoms with E-state index in [0.717, 1.165) is 42.3 Å². The van der Waals surface area contributed by atoms with Gasteiger partial charge in [0.2, 0.25) is 0 Å². The molecule has 47 heavy (non-hydrogen) atoms. The number of ether oxygens (including phenoxy) is 3. The largest absolute Gasteiger partial charge is 0.493 e. The summed E-state index contributed by atoms with van der Waals surface area (Å²) in [6.07, 6.45) is 5.03. The first-order valence-electron chi connectivity index (χ1n) is 15.8. The van der Waals surface area contributed by atoms with E-state index < -0.39 is 21.3 Å². The number of carbonyl (C=O) groups is 2. The molecule has 0 saturated carbocycles. The van der Waals surface area contributed by atoms with E-state index in [1.54, 1.807) is 47.5 Å². The number of likely N-dealkylation sites (tertiary alicyclic amines) is 1. The lowest BCUT2D eigenvalue weighted by Crippen LogP contribution is -2.42. The molecule has 3 aromatic rings. The van der Waals surface area contributed by atoms with Crippen LogP contribution in [0.15, 0.2) is 53.6 Å². The maximum absolute atomic E-state index is 13.5. The quantitative estimate of drug-likeness (QED) is 0.265. The van der Waals surface area contributed by atoms with Crippen LogP contribution >= 0.6 is 0 Å². The number of anilines is 1. The zero-order valence-corrected chi connectivity index (χ0v) is 29.7. The average molecular weight is 666 g/mol. The van der Waals surface area contributed by atoms with Crippen molar-refractivity contribution < 1.29 is 32.2 Å². The van der Waals surface area contributed by atoms with Crippen LogP contribution in [0.25, 0.3) is 0 Å². The molecule has 1 saturated heterocycles. The van der Waals surface area contributed by atoms with Gasteiger partial charge in [-0.2, -0.15) is 0 Å². The van der Waals surface area contributed by atoms with Crippen molar-refractivity contribution in [1.29, 1.82) is 0 Å². The lowest BCUT2D eigenvalue weighted by Gasteiger charge is -2.33. The number of benzene rings is 2. The second-order valence-corrected chi connectivity index (χ2v) is 16.2. The van der Waals surface area contributed by atoms with Crippen LogP contribution in [0.2, 0.25) is 0 Å². The molecule has 2 aromatic carbocycles. The molecule has 1 aromatic heterocycles. The fourth-order valence-electron chi connectivity index (χ4n) is 5.36. The van der Waals surface area contributed by atoms with Crippen LogP contribution in [0.5, 0.6) is 17.2 Å². The van der Waals surface area contributed by atoms with E-state index in [4.69, 9.17) is 14.2 Å². The number of piperidine rings is 1. The van der Waals surface area contributed by atoms with Gasteiger partial charge in [-0.3, -0.25) is 9.78 Å². The number of rotatable bonds is 8. The van der Waals surface area contributed by atoms with Gasteiger partial charge in [0.15, 0.2) is 15.6 Å². The molecule has 2 heterocycles. The molecule has 0 spiro atoms. The summed E-state index contributed by atoms with van der Waals surface area (Å²) in [5.41, 5.74) is 2.17. The molecule has 254 valence electrons. The highest BCUT2D eigenvalue weighted by Crippen LogP contribution is 2.38. The summed E-state index contributed by atoms with van der Waals surface area (Å²) in [6.45, 7) is 14.7. The highest BCUT2D eigenvalue weighted by atomic mass is 32.2. The molecular weight excluding hydrogens is 618 g/mol. The SMILES string of the molecule is COc1c(NC(=O)c2ccc(C)c(Oc3ccnc(CC4CCN(C(=O)OC(C)(C)C)CC4)c3)c2)cc(C(C)(C)C)cc1S(C)(=O)=O. The standard InChI is InChI=1S/C36H47N3O7S/c1-23-10-11-25(33(40)38-29-20-26(35(2,3)4)21-31(32(29)44-8)47(9,42)43)19-30(23)45-28-12-15-37-27(22-28)18-24-13-16-39(17-14-24)34(41)46-36(5,6)7/h10-12,15,19-22,24H,13-14,16-18H2,1-9H3,(H,38,40). The molecule has 2 amide bonds. The molecule has 1 N–H and O–H groups in total. The zero-order chi connectivity index (χ0) is 34.7. The maximum Gasteiger partial charge on any atom is 0.410 e. The van der Waals surface area contributed by atoms with Crippen LogP contribution in [-0.4, -0.2) is 62.4 Å². The monoisotopic (exact) mass is 665 g/mol. The molecular formula is C36H47N3O7S. The first-order valence-corrected chi connectivity index (χ1v) is 17.7. The molecule has 0 atom stereocenters. The van der Waals surface area contributed by atoms with E-state index in [2.05, 4.69) is 10.3 Å². The van der Waals surface area contributed by atoms with E-state index in [9.17, 15) is 18.0 Å². The van der Waals surface area contributed by atoms with E-state index in [1.165, 1.54) is 7.11 Å². The Kier molecular flexibility index (Phi) is 10.6. The number of carbonyl (C=O) groups excluding carboxylic acids is 2. The number of aryl methyl sites for hydroxylation is 1. The highest BCUT2D eigenvalue weighted by molar-refractivity contribution is 7.90. The summed E-state index contributed by atoms with van der Waals surface area (Å²) in [6, 6.07) is 12.2. The second-order valence-electron chi connectivity index (χ2n) is 14.2. The van der Waals surface area contributed by atoms with Crippen molar-refractivity contribution in [3.63, 3.8) is 0 Å². The van der Waals surface area contributed by atoms with Gasteiger partial charge in [0.1, 0.15) is 22.0 Å². The third-order valence-electron chi connectivity index (χ3n) is 8.00. The number of aromatic nitrogens is 1. The van der Waals surface area contributed by atoms with Gasteiger partial charge in [-0.1, -0.05) is 26.8 Å². The highest BCUT2D eigenvalue weighted by Gasteiger charge is 2.28. The first kappa shape index (κ1) is 35.7.